The van der Waals surface area contributed by atoms with Crippen LogP contribution in [0.1, 0.15) is 26.0 Å². The summed E-state index contributed by atoms with van der Waals surface area (Å²) in [5.41, 5.74) is -1.14. The summed E-state index contributed by atoms with van der Waals surface area (Å²) in [6, 6.07) is 4.88. The van der Waals surface area contributed by atoms with E-state index >= 15 is 0 Å². The van der Waals surface area contributed by atoms with Gasteiger partial charge in [0, 0.05) is 5.56 Å². The van der Waals surface area contributed by atoms with Crippen LogP contribution in [0.4, 0.5) is 13.2 Å². The molecule has 0 aliphatic carbocycles. The molecule has 0 saturated heterocycles. The van der Waals surface area contributed by atoms with Gasteiger partial charge in [-0.2, -0.15) is 13.2 Å². The van der Waals surface area contributed by atoms with Crippen molar-refractivity contribution in [2.45, 2.75) is 31.6 Å². The lowest BCUT2D eigenvalue weighted by Gasteiger charge is -2.11. The number of oxime groups is 1. The SMILES string of the molecule is CC(C)=NOC(=O)CCS(=O)(=O)c1nc(-c2ccc3c(c2)OCO3)cc(C(F)(F)F)n1. The van der Waals surface area contributed by atoms with Crippen molar-refractivity contribution in [3.8, 4) is 22.8 Å². The largest absolute Gasteiger partial charge is 0.454 e. The second-order valence-electron chi connectivity index (χ2n) is 6.56. The van der Waals surface area contributed by atoms with Crippen molar-refractivity contribution in [2.24, 2.45) is 5.16 Å². The number of hydrogen-bond acceptors (Lipinski definition) is 9. The Labute approximate surface area is 174 Å². The lowest BCUT2D eigenvalue weighted by Crippen LogP contribution is -2.18. The molecule has 0 amide bonds. The van der Waals surface area contributed by atoms with Gasteiger partial charge in [0.05, 0.1) is 23.6 Å². The average molecular weight is 459 g/mol. The van der Waals surface area contributed by atoms with Gasteiger partial charge in [-0.3, -0.25) is 0 Å². The zero-order valence-electron chi connectivity index (χ0n) is 16.3. The standard InChI is InChI=1S/C18H16F3N3O6S/c1-10(2)24-30-16(25)5-6-31(26,27)17-22-12(8-15(23-17)18(19,20)21)11-3-4-13-14(7-11)29-9-28-13/h3-4,7-8H,5-6,9H2,1-2H3. The zero-order chi connectivity index (χ0) is 22.8. The highest BCUT2D eigenvalue weighted by Gasteiger charge is 2.35. The number of rotatable bonds is 6. The molecule has 0 N–H and O–H groups in total. The third-order valence-electron chi connectivity index (χ3n) is 3.85. The van der Waals surface area contributed by atoms with E-state index < -0.39 is 45.0 Å². The summed E-state index contributed by atoms with van der Waals surface area (Å²) in [7, 11) is -4.45. The number of ether oxygens (including phenoxy) is 2. The van der Waals surface area contributed by atoms with E-state index in [1.807, 2.05) is 0 Å². The van der Waals surface area contributed by atoms with E-state index in [-0.39, 0.29) is 23.8 Å². The first-order valence-electron chi connectivity index (χ1n) is 8.76. The lowest BCUT2D eigenvalue weighted by molar-refractivity contribution is -0.143. The van der Waals surface area contributed by atoms with Crippen molar-refractivity contribution < 1.29 is 40.7 Å². The molecule has 1 aliphatic heterocycles. The summed E-state index contributed by atoms with van der Waals surface area (Å²) in [6.45, 7) is 3.06. The van der Waals surface area contributed by atoms with Crippen LogP contribution in [0, 0.1) is 0 Å². The predicted molar refractivity (Wildman–Crippen MR) is 100 cm³/mol. The number of sulfone groups is 1. The van der Waals surface area contributed by atoms with Crippen LogP contribution in [0.5, 0.6) is 11.5 Å². The first-order chi connectivity index (χ1) is 14.5. The molecule has 1 aliphatic rings. The Morgan fingerprint density at radius 3 is 2.55 bits per heavy atom. The monoisotopic (exact) mass is 459 g/mol. The van der Waals surface area contributed by atoms with Crippen LogP contribution in [-0.2, 0) is 25.6 Å². The molecule has 0 bridgehead atoms. The van der Waals surface area contributed by atoms with Gasteiger partial charge in [-0.15, -0.1) is 0 Å². The Hall–Kier alpha value is -3.22. The molecule has 0 radical (unpaired) electrons. The molecule has 2 heterocycles. The third-order valence-corrected chi connectivity index (χ3v) is 5.33. The summed E-state index contributed by atoms with van der Waals surface area (Å²) in [4.78, 5) is 23.1. The fraction of sp³-hybridized carbons (Fsp3) is 0.333. The minimum Gasteiger partial charge on any atom is -0.454 e. The molecule has 1 aromatic carbocycles. The van der Waals surface area contributed by atoms with Crippen molar-refractivity contribution in [3.05, 3.63) is 30.0 Å². The number of halogens is 3. The Balaban J connectivity index is 1.95. The Morgan fingerprint density at radius 1 is 1.16 bits per heavy atom. The maximum atomic E-state index is 13.3. The number of alkyl halides is 3. The molecule has 0 unspecified atom stereocenters. The molecule has 13 heteroatoms. The van der Waals surface area contributed by atoms with E-state index in [2.05, 4.69) is 20.0 Å². The van der Waals surface area contributed by atoms with Gasteiger partial charge in [-0.05, 0) is 38.1 Å². The van der Waals surface area contributed by atoms with Gasteiger partial charge in [0.25, 0.3) is 0 Å². The molecule has 0 spiro atoms. The van der Waals surface area contributed by atoms with Crippen molar-refractivity contribution in [1.29, 1.82) is 0 Å². The summed E-state index contributed by atoms with van der Waals surface area (Å²) in [5.74, 6) is -1.15. The summed E-state index contributed by atoms with van der Waals surface area (Å²) in [5, 5.41) is 2.34. The number of hydrogen-bond donors (Lipinski definition) is 0. The molecule has 0 fully saturated rings. The topological polar surface area (TPSA) is 117 Å². The second kappa shape index (κ2) is 8.49. The van der Waals surface area contributed by atoms with E-state index in [9.17, 15) is 26.4 Å². The minimum absolute atomic E-state index is 0.0479. The third kappa shape index (κ3) is 5.48. The van der Waals surface area contributed by atoms with Gasteiger partial charge >= 0.3 is 12.1 Å². The summed E-state index contributed by atoms with van der Waals surface area (Å²) in [6.07, 6.45) is -5.57. The van der Waals surface area contributed by atoms with Crippen LogP contribution in [-0.4, -0.2) is 42.6 Å². The van der Waals surface area contributed by atoms with Gasteiger partial charge in [0.2, 0.25) is 21.8 Å². The number of carbonyl (C=O) groups excluding carboxylic acids is 1. The molecule has 166 valence electrons. The van der Waals surface area contributed by atoms with Crippen molar-refractivity contribution >= 4 is 21.5 Å². The average Bonchev–Trinajstić information content (AvgIpc) is 3.17. The first-order valence-corrected chi connectivity index (χ1v) is 10.4. The minimum atomic E-state index is -4.93. The van der Waals surface area contributed by atoms with Crippen LogP contribution < -0.4 is 9.47 Å². The molecule has 31 heavy (non-hydrogen) atoms. The van der Waals surface area contributed by atoms with E-state index in [1.54, 1.807) is 13.8 Å². The molecule has 0 atom stereocenters. The van der Waals surface area contributed by atoms with E-state index in [1.165, 1.54) is 18.2 Å². The van der Waals surface area contributed by atoms with Crippen molar-refractivity contribution in [3.63, 3.8) is 0 Å². The number of nitrogens with zero attached hydrogens (tertiary/aromatic N) is 3. The van der Waals surface area contributed by atoms with Crippen LogP contribution in [0.15, 0.2) is 34.6 Å². The molecule has 0 saturated carbocycles. The van der Waals surface area contributed by atoms with Gasteiger partial charge in [0.15, 0.2) is 11.5 Å². The van der Waals surface area contributed by atoms with Crippen LogP contribution >= 0.6 is 0 Å². The van der Waals surface area contributed by atoms with Crippen molar-refractivity contribution in [1.82, 2.24) is 9.97 Å². The highest BCUT2D eigenvalue weighted by atomic mass is 32.2. The number of aromatic nitrogens is 2. The molecular weight excluding hydrogens is 443 g/mol. The normalized spacial score (nSPS) is 13.1. The van der Waals surface area contributed by atoms with E-state index in [4.69, 9.17) is 9.47 Å². The van der Waals surface area contributed by atoms with Crippen LogP contribution in [0.2, 0.25) is 0 Å². The smallest absolute Gasteiger partial charge is 0.433 e. The summed E-state index contributed by atoms with van der Waals surface area (Å²) >= 11 is 0. The van der Waals surface area contributed by atoms with Gasteiger partial charge in [-0.1, -0.05) is 5.16 Å². The molecular formula is C18H16F3N3O6S. The number of carbonyl (C=O) groups is 1. The van der Waals surface area contributed by atoms with Gasteiger partial charge in [-0.25, -0.2) is 23.2 Å². The maximum Gasteiger partial charge on any atom is 0.433 e. The second-order valence-corrected chi connectivity index (χ2v) is 8.56. The maximum absolute atomic E-state index is 13.3. The fourth-order valence-corrected chi connectivity index (χ4v) is 3.50. The molecule has 2 aromatic rings. The zero-order valence-corrected chi connectivity index (χ0v) is 17.1. The highest BCUT2D eigenvalue weighted by molar-refractivity contribution is 7.91. The molecule has 3 rings (SSSR count). The number of benzene rings is 1. The molecule has 9 nitrogen and oxygen atoms in total. The highest BCUT2D eigenvalue weighted by Crippen LogP contribution is 2.37. The summed E-state index contributed by atoms with van der Waals surface area (Å²) < 4.78 is 75.5. The first kappa shape index (κ1) is 22.5. The predicted octanol–water partition coefficient (Wildman–Crippen LogP) is 2.99. The Bertz CT molecular complexity index is 1140. The van der Waals surface area contributed by atoms with Gasteiger partial charge < -0.3 is 14.3 Å². The van der Waals surface area contributed by atoms with Crippen LogP contribution in [0.3, 0.4) is 0 Å². The van der Waals surface area contributed by atoms with Crippen molar-refractivity contribution in [2.75, 3.05) is 12.5 Å². The van der Waals surface area contributed by atoms with Crippen LogP contribution in [0.25, 0.3) is 11.3 Å². The Morgan fingerprint density at radius 2 is 1.87 bits per heavy atom. The Kier molecular flexibility index (Phi) is 6.15. The fourth-order valence-electron chi connectivity index (χ4n) is 2.41. The van der Waals surface area contributed by atoms with E-state index in [0.717, 1.165) is 0 Å². The van der Waals surface area contributed by atoms with Gasteiger partial charge in [0.1, 0.15) is 5.69 Å². The quantitative estimate of drug-likeness (QED) is 0.280. The van der Waals surface area contributed by atoms with E-state index in [0.29, 0.717) is 17.5 Å². The number of fused-ring (bicyclic) bond motifs is 1. The molecule has 1 aromatic heterocycles. The lowest BCUT2D eigenvalue weighted by atomic mass is 10.1.